The van der Waals surface area contributed by atoms with Crippen LogP contribution < -0.4 is 15.5 Å². The van der Waals surface area contributed by atoms with Crippen molar-refractivity contribution in [2.45, 2.75) is 52.2 Å². The summed E-state index contributed by atoms with van der Waals surface area (Å²) in [6.45, 7) is 6.48. The molecule has 1 heterocycles. The number of amides is 2. The zero-order valence-corrected chi connectivity index (χ0v) is 21.3. The van der Waals surface area contributed by atoms with Crippen molar-refractivity contribution in [2.75, 3.05) is 24.1 Å². The Morgan fingerprint density at radius 1 is 1.20 bits per heavy atom. The topological polar surface area (TPSA) is 154 Å². The summed E-state index contributed by atoms with van der Waals surface area (Å²) in [4.78, 5) is 28.9. The van der Waals surface area contributed by atoms with E-state index in [1.165, 1.54) is 0 Å². The maximum absolute atomic E-state index is 12.8. The third-order valence-corrected chi connectivity index (χ3v) is 5.66. The number of aliphatic hydroxyl groups excluding tert-OH is 1. The lowest BCUT2D eigenvalue weighted by Crippen LogP contribution is -2.53. The molecule has 0 spiro atoms. The van der Waals surface area contributed by atoms with Gasteiger partial charge in [0, 0.05) is 19.5 Å². The van der Waals surface area contributed by atoms with Crippen molar-refractivity contribution in [3.05, 3.63) is 47.9 Å². The molecule has 0 bridgehead atoms. The molecule has 1 aromatic heterocycles. The van der Waals surface area contributed by atoms with E-state index in [1.54, 1.807) is 5.01 Å². The van der Waals surface area contributed by atoms with Crippen LogP contribution in [0.4, 0.5) is 6.01 Å². The number of anilines is 1. The monoisotopic (exact) mass is 509 g/mol. The molecule has 2 aromatic rings. The van der Waals surface area contributed by atoms with Gasteiger partial charge in [-0.25, -0.2) is 18.1 Å². The Morgan fingerprint density at radius 2 is 1.89 bits per heavy atom. The largest absolute Gasteiger partial charge is 0.431 e. The molecular formula is C23H35N5O6S. The van der Waals surface area contributed by atoms with Crippen LogP contribution >= 0.6 is 0 Å². The van der Waals surface area contributed by atoms with Gasteiger partial charge in [0.1, 0.15) is 6.26 Å². The number of nitrogens with one attached hydrogen (secondary N) is 3. The number of hydrogen-bond donors (Lipinski definition) is 4. The summed E-state index contributed by atoms with van der Waals surface area (Å²) in [6.07, 6.45) is 2.38. The minimum Gasteiger partial charge on any atom is -0.431 e. The number of likely N-dealkylation sites (N-methyl/N-ethyl adjacent to an activating group) is 1. The molecule has 12 heteroatoms. The van der Waals surface area contributed by atoms with Gasteiger partial charge >= 0.3 is 6.01 Å². The molecule has 4 N–H and O–H groups in total. The number of hydrazine groups is 1. The van der Waals surface area contributed by atoms with E-state index in [-0.39, 0.29) is 24.2 Å². The minimum absolute atomic E-state index is 0.0847. The van der Waals surface area contributed by atoms with Crippen LogP contribution in [0.3, 0.4) is 0 Å². The average Bonchev–Trinajstić information content (AvgIpc) is 3.24. The SMILES string of the molecule is CCN(C[C@H](O)[C@H](Cc1ccccc1)NC(=O)c1coc(NS(C)(=O)=O)n1)NC(=O)CCC(C)C. The molecule has 35 heavy (non-hydrogen) atoms. The van der Waals surface area contributed by atoms with Crippen LogP contribution in [0.25, 0.3) is 0 Å². The summed E-state index contributed by atoms with van der Waals surface area (Å²) >= 11 is 0. The number of carbonyl (C=O) groups is 2. The first-order chi connectivity index (χ1) is 16.5. The molecule has 2 atom stereocenters. The second-order valence-electron chi connectivity index (χ2n) is 8.76. The number of nitrogens with zero attached hydrogens (tertiary/aromatic N) is 2. The standard InChI is InChI=1S/C23H35N5O6S/c1-5-28(26-21(30)12-11-16(2)3)14-20(29)18(13-17-9-7-6-8-10-17)24-22(31)19-15-34-23(25-19)27-35(4,32)33/h6-10,15-16,18,20,29H,5,11-14H2,1-4H3,(H,24,31)(H,25,27)(H,26,30)/t18-,20-/m0/s1. The zero-order valence-electron chi connectivity index (χ0n) is 20.5. The average molecular weight is 510 g/mol. The van der Waals surface area contributed by atoms with E-state index in [1.807, 2.05) is 51.1 Å². The fourth-order valence-corrected chi connectivity index (χ4v) is 3.65. The molecule has 0 aliphatic rings. The Labute approximate surface area is 206 Å². The van der Waals surface area contributed by atoms with Gasteiger partial charge in [-0.05, 0) is 24.3 Å². The summed E-state index contributed by atoms with van der Waals surface area (Å²) in [5.41, 5.74) is 3.56. The normalized spacial score (nSPS) is 13.5. The first kappa shape index (κ1) is 28.3. The third-order valence-electron chi connectivity index (χ3n) is 5.11. The lowest BCUT2D eigenvalue weighted by Gasteiger charge is -2.29. The highest BCUT2D eigenvalue weighted by Crippen LogP contribution is 2.12. The van der Waals surface area contributed by atoms with Crippen LogP contribution in [0.5, 0.6) is 0 Å². The maximum Gasteiger partial charge on any atom is 0.309 e. The number of oxazole rings is 1. The fraction of sp³-hybridized carbons (Fsp3) is 0.522. The molecule has 0 saturated heterocycles. The zero-order chi connectivity index (χ0) is 26.0. The van der Waals surface area contributed by atoms with E-state index in [2.05, 4.69) is 20.4 Å². The first-order valence-electron chi connectivity index (χ1n) is 11.5. The molecular weight excluding hydrogens is 474 g/mol. The summed E-state index contributed by atoms with van der Waals surface area (Å²) in [6, 6.07) is 8.27. The van der Waals surface area contributed by atoms with Crippen molar-refractivity contribution >= 4 is 27.9 Å². The predicted molar refractivity (Wildman–Crippen MR) is 132 cm³/mol. The van der Waals surface area contributed by atoms with Gasteiger partial charge in [-0.3, -0.25) is 15.0 Å². The molecule has 194 valence electrons. The molecule has 0 aliphatic carbocycles. The van der Waals surface area contributed by atoms with Crippen LogP contribution in [0.15, 0.2) is 41.0 Å². The maximum atomic E-state index is 12.8. The number of aromatic nitrogens is 1. The van der Waals surface area contributed by atoms with Crippen molar-refractivity contribution in [1.82, 2.24) is 20.7 Å². The highest BCUT2D eigenvalue weighted by Gasteiger charge is 2.26. The Hall–Kier alpha value is -2.96. The first-order valence-corrected chi connectivity index (χ1v) is 13.4. The van der Waals surface area contributed by atoms with Gasteiger partial charge in [0.25, 0.3) is 5.91 Å². The van der Waals surface area contributed by atoms with Crippen molar-refractivity contribution < 1.29 is 27.5 Å². The highest BCUT2D eigenvalue weighted by atomic mass is 32.2. The van der Waals surface area contributed by atoms with E-state index in [0.29, 0.717) is 25.3 Å². The van der Waals surface area contributed by atoms with Crippen LogP contribution in [-0.2, 0) is 21.2 Å². The molecule has 0 unspecified atom stereocenters. The van der Waals surface area contributed by atoms with Crippen LogP contribution in [0, 0.1) is 5.92 Å². The van der Waals surface area contributed by atoms with E-state index in [0.717, 1.165) is 24.5 Å². The summed E-state index contributed by atoms with van der Waals surface area (Å²) in [5, 5.41) is 15.4. The Balaban J connectivity index is 2.11. The fourth-order valence-electron chi connectivity index (χ4n) is 3.24. The molecule has 0 radical (unpaired) electrons. The number of rotatable bonds is 14. The Morgan fingerprint density at radius 3 is 2.49 bits per heavy atom. The quantitative estimate of drug-likeness (QED) is 0.280. The van der Waals surface area contributed by atoms with Gasteiger partial charge < -0.3 is 14.8 Å². The summed E-state index contributed by atoms with van der Waals surface area (Å²) in [7, 11) is -3.62. The third kappa shape index (κ3) is 10.5. The van der Waals surface area contributed by atoms with E-state index >= 15 is 0 Å². The van der Waals surface area contributed by atoms with Crippen molar-refractivity contribution in [1.29, 1.82) is 0 Å². The predicted octanol–water partition coefficient (Wildman–Crippen LogP) is 1.54. The van der Waals surface area contributed by atoms with Gasteiger partial charge in [0.15, 0.2) is 5.69 Å². The van der Waals surface area contributed by atoms with Gasteiger partial charge in [0.2, 0.25) is 15.9 Å². The molecule has 1 aromatic carbocycles. The molecule has 0 fully saturated rings. The van der Waals surface area contributed by atoms with E-state index in [9.17, 15) is 23.1 Å². The molecule has 2 amide bonds. The molecule has 11 nitrogen and oxygen atoms in total. The molecule has 0 aliphatic heterocycles. The lowest BCUT2D eigenvalue weighted by molar-refractivity contribution is -0.126. The van der Waals surface area contributed by atoms with Gasteiger partial charge in [-0.1, -0.05) is 51.1 Å². The Bertz CT molecular complexity index is 1060. The number of carbonyl (C=O) groups excluding carboxylic acids is 2. The second kappa shape index (κ2) is 13.2. The van der Waals surface area contributed by atoms with Crippen molar-refractivity contribution in [2.24, 2.45) is 5.92 Å². The van der Waals surface area contributed by atoms with E-state index < -0.39 is 28.1 Å². The number of sulfonamides is 1. The summed E-state index contributed by atoms with van der Waals surface area (Å²) < 4.78 is 29.8. The number of aliphatic hydroxyl groups is 1. The molecule has 0 saturated carbocycles. The Kier molecular flexibility index (Phi) is 10.7. The number of hydrogen-bond acceptors (Lipinski definition) is 8. The van der Waals surface area contributed by atoms with Crippen molar-refractivity contribution in [3.8, 4) is 0 Å². The number of benzene rings is 1. The lowest BCUT2D eigenvalue weighted by atomic mass is 10.0. The van der Waals surface area contributed by atoms with E-state index in [4.69, 9.17) is 4.42 Å². The van der Waals surface area contributed by atoms with Crippen LogP contribution in [-0.4, -0.2) is 66.8 Å². The summed E-state index contributed by atoms with van der Waals surface area (Å²) in [5.74, 6) is -0.374. The molecule has 2 rings (SSSR count). The minimum atomic E-state index is -3.62. The van der Waals surface area contributed by atoms with Crippen molar-refractivity contribution in [3.63, 3.8) is 0 Å². The van der Waals surface area contributed by atoms with Gasteiger partial charge in [-0.15, -0.1) is 0 Å². The second-order valence-corrected chi connectivity index (χ2v) is 10.5. The highest BCUT2D eigenvalue weighted by molar-refractivity contribution is 7.91. The van der Waals surface area contributed by atoms with Gasteiger partial charge in [-0.2, -0.15) is 4.98 Å². The van der Waals surface area contributed by atoms with Gasteiger partial charge in [0.05, 0.1) is 18.4 Å². The smallest absolute Gasteiger partial charge is 0.309 e. The van der Waals surface area contributed by atoms with Crippen LogP contribution in [0.1, 0.15) is 49.7 Å². The van der Waals surface area contributed by atoms with Crippen LogP contribution in [0.2, 0.25) is 0 Å².